The maximum absolute atomic E-state index is 12.9. The van der Waals surface area contributed by atoms with E-state index in [4.69, 9.17) is 9.47 Å². The van der Waals surface area contributed by atoms with Crippen molar-refractivity contribution in [3.05, 3.63) is 29.8 Å². The first-order valence-corrected chi connectivity index (χ1v) is 8.99. The summed E-state index contributed by atoms with van der Waals surface area (Å²) in [5.74, 6) is -0.948. The van der Waals surface area contributed by atoms with Gasteiger partial charge in [-0.3, -0.25) is 19.3 Å². The van der Waals surface area contributed by atoms with Gasteiger partial charge in [0.2, 0.25) is 5.91 Å². The molecular weight excluding hydrogens is 336 g/mol. The van der Waals surface area contributed by atoms with Crippen LogP contribution < -0.4 is 4.90 Å². The van der Waals surface area contributed by atoms with Crippen LogP contribution in [0, 0.1) is 0 Å². The molecule has 3 aliphatic heterocycles. The zero-order chi connectivity index (χ0) is 18.3. The Labute approximate surface area is 151 Å². The van der Waals surface area contributed by atoms with Gasteiger partial charge in [0.1, 0.15) is 0 Å². The zero-order valence-corrected chi connectivity index (χ0v) is 14.8. The maximum Gasteiger partial charge on any atom is 0.251 e. The molecule has 3 aliphatic rings. The number of amides is 2. The van der Waals surface area contributed by atoms with Crippen molar-refractivity contribution < 1.29 is 23.9 Å². The van der Waals surface area contributed by atoms with Crippen LogP contribution in [0.1, 0.15) is 36.5 Å². The van der Waals surface area contributed by atoms with Gasteiger partial charge in [-0.2, -0.15) is 0 Å². The standard InChI is InChI=1S/C19H22N2O5/c1-13(22)14-2-4-15(5-3-14)21-17(23)12-16(18(21)24)20-8-6-19(7-9-20)25-10-11-26-19/h2-5,16H,6-12H2,1H3/t16-/m1/s1. The summed E-state index contributed by atoms with van der Waals surface area (Å²) in [5.41, 5.74) is 1.07. The van der Waals surface area contributed by atoms with E-state index in [2.05, 4.69) is 4.90 Å². The molecule has 4 rings (SSSR count). The second-order valence-electron chi connectivity index (χ2n) is 7.03. The molecule has 0 aliphatic carbocycles. The van der Waals surface area contributed by atoms with Gasteiger partial charge in [0.15, 0.2) is 11.6 Å². The van der Waals surface area contributed by atoms with Gasteiger partial charge in [-0.1, -0.05) is 0 Å². The summed E-state index contributed by atoms with van der Waals surface area (Å²) in [7, 11) is 0. The fourth-order valence-electron chi connectivity index (χ4n) is 3.98. The third kappa shape index (κ3) is 2.96. The van der Waals surface area contributed by atoms with Gasteiger partial charge in [0, 0.05) is 31.5 Å². The zero-order valence-electron chi connectivity index (χ0n) is 14.8. The summed E-state index contributed by atoms with van der Waals surface area (Å²) in [6, 6.07) is 6.16. The van der Waals surface area contributed by atoms with Gasteiger partial charge >= 0.3 is 0 Å². The number of rotatable bonds is 3. The average Bonchev–Trinajstić information content (AvgIpc) is 3.20. The fraction of sp³-hybridized carbons (Fsp3) is 0.526. The molecule has 2 amide bonds. The molecule has 0 unspecified atom stereocenters. The van der Waals surface area contributed by atoms with Gasteiger partial charge in [-0.25, -0.2) is 4.90 Å². The van der Waals surface area contributed by atoms with Gasteiger partial charge in [0.25, 0.3) is 5.91 Å². The van der Waals surface area contributed by atoms with Gasteiger partial charge in [-0.05, 0) is 31.2 Å². The molecule has 26 heavy (non-hydrogen) atoms. The molecule has 0 aromatic heterocycles. The Bertz CT molecular complexity index is 729. The van der Waals surface area contributed by atoms with Crippen molar-refractivity contribution in [2.75, 3.05) is 31.2 Å². The van der Waals surface area contributed by atoms with Crippen molar-refractivity contribution in [1.82, 2.24) is 4.90 Å². The van der Waals surface area contributed by atoms with E-state index in [1.165, 1.54) is 11.8 Å². The first-order chi connectivity index (χ1) is 12.5. The van der Waals surface area contributed by atoms with E-state index in [0.29, 0.717) is 50.4 Å². The largest absolute Gasteiger partial charge is 0.347 e. The number of hydrogen-bond donors (Lipinski definition) is 0. The van der Waals surface area contributed by atoms with Gasteiger partial charge in [-0.15, -0.1) is 0 Å². The molecule has 0 bridgehead atoms. The lowest BCUT2D eigenvalue weighted by Gasteiger charge is -2.39. The minimum Gasteiger partial charge on any atom is -0.347 e. The molecule has 1 aromatic rings. The molecule has 7 heteroatoms. The first-order valence-electron chi connectivity index (χ1n) is 8.99. The highest BCUT2D eigenvalue weighted by Gasteiger charge is 2.47. The number of Topliss-reactive ketones (excluding diaryl/α,β-unsaturated/α-hetero) is 1. The number of hydrogen-bond acceptors (Lipinski definition) is 6. The topological polar surface area (TPSA) is 76.2 Å². The van der Waals surface area contributed by atoms with Crippen molar-refractivity contribution in [1.29, 1.82) is 0 Å². The number of carbonyl (C=O) groups is 3. The number of anilines is 1. The smallest absolute Gasteiger partial charge is 0.251 e. The number of benzene rings is 1. The molecule has 138 valence electrons. The minimum absolute atomic E-state index is 0.0490. The van der Waals surface area contributed by atoms with Crippen LogP contribution in [0.25, 0.3) is 0 Å². The summed E-state index contributed by atoms with van der Waals surface area (Å²) >= 11 is 0. The Hall–Kier alpha value is -2.09. The van der Waals surface area contributed by atoms with E-state index in [0.717, 1.165) is 0 Å². The number of ether oxygens (including phenoxy) is 2. The highest BCUT2D eigenvalue weighted by molar-refractivity contribution is 6.22. The Kier molecular flexibility index (Phi) is 4.38. The highest BCUT2D eigenvalue weighted by Crippen LogP contribution is 2.34. The second-order valence-corrected chi connectivity index (χ2v) is 7.03. The summed E-state index contributed by atoms with van der Waals surface area (Å²) in [6.07, 6.45) is 1.60. The van der Waals surface area contributed by atoms with Crippen molar-refractivity contribution in [3.63, 3.8) is 0 Å². The molecule has 1 spiro atoms. The number of likely N-dealkylation sites (tertiary alicyclic amines) is 1. The van der Waals surface area contributed by atoms with E-state index >= 15 is 0 Å². The fourth-order valence-corrected chi connectivity index (χ4v) is 3.98. The molecule has 0 radical (unpaired) electrons. The Morgan fingerprint density at radius 1 is 1.08 bits per heavy atom. The minimum atomic E-state index is -0.496. The van der Waals surface area contributed by atoms with Crippen LogP contribution in [0.2, 0.25) is 0 Å². The number of ketones is 1. The lowest BCUT2D eigenvalue weighted by atomic mass is 10.0. The van der Waals surface area contributed by atoms with Crippen LogP contribution in [0.4, 0.5) is 5.69 Å². The number of piperidine rings is 1. The summed E-state index contributed by atoms with van der Waals surface area (Å²) < 4.78 is 11.4. The molecule has 1 atom stereocenters. The first kappa shape index (κ1) is 17.3. The molecule has 1 aromatic carbocycles. The van der Waals surface area contributed by atoms with E-state index in [1.54, 1.807) is 24.3 Å². The van der Waals surface area contributed by atoms with E-state index in [9.17, 15) is 14.4 Å². The maximum atomic E-state index is 12.9. The van der Waals surface area contributed by atoms with E-state index in [1.807, 2.05) is 0 Å². The molecule has 3 fully saturated rings. The Morgan fingerprint density at radius 3 is 2.27 bits per heavy atom. The molecule has 3 heterocycles. The van der Waals surface area contributed by atoms with Crippen LogP contribution in [0.15, 0.2) is 24.3 Å². The SMILES string of the molecule is CC(=O)c1ccc(N2C(=O)C[C@@H](N3CCC4(CC3)OCCO4)C2=O)cc1. The van der Waals surface area contributed by atoms with Crippen molar-refractivity contribution in [3.8, 4) is 0 Å². The van der Waals surface area contributed by atoms with Crippen molar-refractivity contribution in [2.45, 2.75) is 38.0 Å². The summed E-state index contributed by atoms with van der Waals surface area (Å²) in [4.78, 5) is 40.0. The Balaban J connectivity index is 1.46. The lowest BCUT2D eigenvalue weighted by Crippen LogP contribution is -2.51. The van der Waals surface area contributed by atoms with Crippen LogP contribution in [-0.4, -0.2) is 60.6 Å². The molecule has 0 saturated carbocycles. The third-order valence-corrected chi connectivity index (χ3v) is 5.47. The van der Waals surface area contributed by atoms with Crippen molar-refractivity contribution >= 4 is 23.3 Å². The van der Waals surface area contributed by atoms with Crippen molar-refractivity contribution in [2.24, 2.45) is 0 Å². The van der Waals surface area contributed by atoms with Gasteiger partial charge in [0.05, 0.1) is 31.4 Å². The average molecular weight is 358 g/mol. The number of imide groups is 1. The van der Waals surface area contributed by atoms with Crippen LogP contribution in [0.3, 0.4) is 0 Å². The number of nitrogens with zero attached hydrogens (tertiary/aromatic N) is 2. The summed E-state index contributed by atoms with van der Waals surface area (Å²) in [6.45, 7) is 4.05. The number of carbonyl (C=O) groups excluding carboxylic acids is 3. The molecule has 3 saturated heterocycles. The monoisotopic (exact) mass is 358 g/mol. The quantitative estimate of drug-likeness (QED) is 0.600. The predicted molar refractivity (Wildman–Crippen MR) is 92.8 cm³/mol. The van der Waals surface area contributed by atoms with E-state index < -0.39 is 11.8 Å². The van der Waals surface area contributed by atoms with Crippen LogP contribution >= 0.6 is 0 Å². The third-order valence-electron chi connectivity index (χ3n) is 5.47. The Morgan fingerprint density at radius 2 is 1.69 bits per heavy atom. The summed E-state index contributed by atoms with van der Waals surface area (Å²) in [5, 5.41) is 0. The molecule has 0 N–H and O–H groups in total. The van der Waals surface area contributed by atoms with Crippen LogP contribution in [0.5, 0.6) is 0 Å². The molecular formula is C19H22N2O5. The van der Waals surface area contributed by atoms with Crippen LogP contribution in [-0.2, 0) is 19.1 Å². The van der Waals surface area contributed by atoms with Gasteiger partial charge < -0.3 is 9.47 Å². The van der Waals surface area contributed by atoms with E-state index in [-0.39, 0.29) is 24.0 Å². The predicted octanol–water partition coefficient (Wildman–Crippen LogP) is 1.36. The highest BCUT2D eigenvalue weighted by atomic mass is 16.7. The molecule has 7 nitrogen and oxygen atoms in total. The lowest BCUT2D eigenvalue weighted by molar-refractivity contribution is -0.188. The second kappa shape index (κ2) is 6.57. The normalized spacial score (nSPS) is 26.0.